The summed E-state index contributed by atoms with van der Waals surface area (Å²) >= 11 is 0. The second kappa shape index (κ2) is 7.69. The van der Waals surface area contributed by atoms with Gasteiger partial charge in [0.05, 0.1) is 18.8 Å². The van der Waals surface area contributed by atoms with Crippen molar-refractivity contribution < 1.29 is 9.84 Å². The van der Waals surface area contributed by atoms with Gasteiger partial charge in [0, 0.05) is 69.8 Å². The first-order chi connectivity index (χ1) is 14.1. The molecule has 0 amide bonds. The van der Waals surface area contributed by atoms with Crippen LogP contribution < -0.4 is 4.74 Å². The number of β-amino-alcohol motifs (C(OH)–C–C–N with tert-alkyl or cyclic N) is 1. The van der Waals surface area contributed by atoms with E-state index < -0.39 is 0 Å². The lowest BCUT2D eigenvalue weighted by atomic mass is 9.83. The topological polar surface area (TPSA) is 52.1 Å². The van der Waals surface area contributed by atoms with E-state index in [1.54, 1.807) is 7.11 Å². The number of aliphatic hydroxyl groups is 1. The van der Waals surface area contributed by atoms with Gasteiger partial charge in [-0.05, 0) is 24.1 Å². The Hall–Kier alpha value is -1.99. The van der Waals surface area contributed by atoms with E-state index in [4.69, 9.17) is 4.74 Å². The number of ether oxygens (including phenoxy) is 1. The summed E-state index contributed by atoms with van der Waals surface area (Å²) in [5.74, 6) is 0.963. The Bertz CT molecular complexity index is 840. The van der Waals surface area contributed by atoms with Gasteiger partial charge in [-0.15, -0.1) is 0 Å². The monoisotopic (exact) mass is 394 g/mol. The van der Waals surface area contributed by atoms with E-state index >= 15 is 0 Å². The summed E-state index contributed by atoms with van der Waals surface area (Å²) in [4.78, 5) is 12.0. The maximum Gasteiger partial charge on any atom is 0.123 e. The number of methoxy groups -OCH3 is 1. The summed E-state index contributed by atoms with van der Waals surface area (Å²) in [5, 5.41) is 10.4. The van der Waals surface area contributed by atoms with E-state index in [0.29, 0.717) is 6.04 Å². The van der Waals surface area contributed by atoms with Gasteiger partial charge in [0.25, 0.3) is 0 Å². The van der Waals surface area contributed by atoms with Crippen molar-refractivity contribution in [1.29, 1.82) is 0 Å². The Morgan fingerprint density at radius 2 is 1.90 bits per heavy atom. The first kappa shape index (κ1) is 19.0. The van der Waals surface area contributed by atoms with Gasteiger partial charge < -0.3 is 9.84 Å². The standard InChI is InChI=1S/C23H30N4O2/c1-29-22-7-3-2-6-19(22)12-26-16-23(17-26)15-25(11-18-5-4-8-24-10-18)13-20-9-21(28)14-27(20)23/h2-8,10,20-21,28H,9,11-17H2,1H3/t20-,21+/m0/s1. The molecule has 29 heavy (non-hydrogen) atoms. The lowest BCUT2D eigenvalue weighted by molar-refractivity contribution is -0.118. The molecule has 0 bridgehead atoms. The molecule has 1 aromatic heterocycles. The highest BCUT2D eigenvalue weighted by molar-refractivity contribution is 5.33. The van der Waals surface area contributed by atoms with Gasteiger partial charge in [-0.3, -0.25) is 19.7 Å². The Morgan fingerprint density at radius 3 is 2.69 bits per heavy atom. The molecular formula is C23H30N4O2. The molecular weight excluding hydrogens is 364 g/mol. The third kappa shape index (κ3) is 3.66. The number of para-hydroxylation sites is 1. The number of piperazine rings is 1. The summed E-state index contributed by atoms with van der Waals surface area (Å²) in [6.45, 7) is 6.81. The summed E-state index contributed by atoms with van der Waals surface area (Å²) < 4.78 is 5.53. The third-order valence-corrected chi connectivity index (χ3v) is 6.74. The molecule has 3 aliphatic rings. The van der Waals surface area contributed by atoms with Crippen LogP contribution in [0.2, 0.25) is 0 Å². The minimum absolute atomic E-state index is 0.143. The SMILES string of the molecule is COc1ccccc1CN1CC2(CN(Cc3cccnc3)C[C@@H]3C[C@@H](O)CN32)C1. The average Bonchev–Trinajstić information content (AvgIpc) is 3.08. The molecule has 3 aliphatic heterocycles. The third-order valence-electron chi connectivity index (χ3n) is 6.74. The van der Waals surface area contributed by atoms with Crippen LogP contribution in [0.1, 0.15) is 17.5 Å². The number of fused-ring (bicyclic) bond motifs is 2. The molecule has 0 unspecified atom stereocenters. The van der Waals surface area contributed by atoms with Crippen molar-refractivity contribution in [1.82, 2.24) is 19.7 Å². The number of likely N-dealkylation sites (tertiary alicyclic amines) is 1. The Kier molecular flexibility index (Phi) is 5.04. The molecule has 1 aromatic carbocycles. The van der Waals surface area contributed by atoms with E-state index in [2.05, 4.69) is 37.9 Å². The van der Waals surface area contributed by atoms with Gasteiger partial charge in [-0.25, -0.2) is 0 Å². The zero-order valence-corrected chi connectivity index (χ0v) is 17.1. The Balaban J connectivity index is 1.30. The highest BCUT2D eigenvalue weighted by Gasteiger charge is 2.55. The van der Waals surface area contributed by atoms with Crippen molar-refractivity contribution in [3.8, 4) is 5.75 Å². The van der Waals surface area contributed by atoms with Crippen molar-refractivity contribution in [3.05, 3.63) is 59.9 Å². The van der Waals surface area contributed by atoms with E-state index in [1.807, 2.05) is 30.6 Å². The largest absolute Gasteiger partial charge is 0.496 e. The van der Waals surface area contributed by atoms with Gasteiger partial charge in [-0.1, -0.05) is 24.3 Å². The molecule has 0 aliphatic carbocycles. The molecule has 2 aromatic rings. The van der Waals surface area contributed by atoms with Crippen LogP contribution in [-0.2, 0) is 13.1 Å². The second-order valence-corrected chi connectivity index (χ2v) is 8.91. The minimum atomic E-state index is -0.196. The van der Waals surface area contributed by atoms with Gasteiger partial charge >= 0.3 is 0 Å². The predicted molar refractivity (Wildman–Crippen MR) is 112 cm³/mol. The quantitative estimate of drug-likeness (QED) is 0.831. The molecule has 6 heteroatoms. The van der Waals surface area contributed by atoms with E-state index in [1.165, 1.54) is 11.1 Å². The van der Waals surface area contributed by atoms with E-state index in [9.17, 15) is 5.11 Å². The fourth-order valence-electron chi connectivity index (χ4n) is 5.64. The lowest BCUT2D eigenvalue weighted by Gasteiger charge is -2.61. The van der Waals surface area contributed by atoms with Crippen molar-refractivity contribution >= 4 is 0 Å². The number of aromatic nitrogens is 1. The number of hydrogen-bond donors (Lipinski definition) is 1. The molecule has 4 heterocycles. The van der Waals surface area contributed by atoms with E-state index in [0.717, 1.165) is 58.0 Å². The van der Waals surface area contributed by atoms with Crippen LogP contribution in [0.3, 0.4) is 0 Å². The molecule has 2 atom stereocenters. The van der Waals surface area contributed by atoms with Gasteiger partial charge in [0.2, 0.25) is 0 Å². The summed E-state index contributed by atoms with van der Waals surface area (Å²) in [5.41, 5.74) is 2.65. The van der Waals surface area contributed by atoms with Crippen molar-refractivity contribution in [2.24, 2.45) is 0 Å². The molecule has 1 N–H and O–H groups in total. The minimum Gasteiger partial charge on any atom is -0.496 e. The molecule has 3 saturated heterocycles. The molecule has 1 spiro atoms. The fourth-order valence-corrected chi connectivity index (χ4v) is 5.64. The Labute approximate surface area is 172 Å². The molecule has 154 valence electrons. The van der Waals surface area contributed by atoms with Crippen molar-refractivity contribution in [2.45, 2.75) is 37.2 Å². The average molecular weight is 395 g/mol. The van der Waals surface area contributed by atoms with Crippen LogP contribution in [0.15, 0.2) is 48.8 Å². The zero-order chi connectivity index (χ0) is 19.8. The molecule has 0 radical (unpaired) electrons. The number of hydrogen-bond acceptors (Lipinski definition) is 6. The highest BCUT2D eigenvalue weighted by Crippen LogP contribution is 2.40. The smallest absolute Gasteiger partial charge is 0.123 e. The van der Waals surface area contributed by atoms with E-state index in [-0.39, 0.29) is 11.6 Å². The van der Waals surface area contributed by atoms with Crippen LogP contribution in [0.5, 0.6) is 5.75 Å². The van der Waals surface area contributed by atoms with Crippen molar-refractivity contribution in [2.75, 3.05) is 39.8 Å². The first-order valence-electron chi connectivity index (χ1n) is 10.6. The number of aliphatic hydroxyl groups excluding tert-OH is 1. The lowest BCUT2D eigenvalue weighted by Crippen LogP contribution is -2.77. The summed E-state index contributed by atoms with van der Waals surface area (Å²) in [6.07, 6.45) is 4.49. The van der Waals surface area contributed by atoms with Gasteiger partial charge in [-0.2, -0.15) is 0 Å². The Morgan fingerprint density at radius 1 is 1.07 bits per heavy atom. The summed E-state index contributed by atoms with van der Waals surface area (Å²) in [6, 6.07) is 12.9. The van der Waals surface area contributed by atoms with Crippen LogP contribution >= 0.6 is 0 Å². The maximum absolute atomic E-state index is 10.4. The fraction of sp³-hybridized carbons (Fsp3) is 0.522. The number of pyridine rings is 1. The normalized spacial score (nSPS) is 27.0. The predicted octanol–water partition coefficient (Wildman–Crippen LogP) is 1.60. The van der Waals surface area contributed by atoms with Crippen LogP contribution in [0, 0.1) is 0 Å². The molecule has 3 fully saturated rings. The van der Waals surface area contributed by atoms with Crippen LogP contribution in [-0.4, -0.2) is 82.3 Å². The maximum atomic E-state index is 10.4. The molecule has 6 nitrogen and oxygen atoms in total. The van der Waals surface area contributed by atoms with Gasteiger partial charge in [0.1, 0.15) is 5.75 Å². The van der Waals surface area contributed by atoms with Crippen LogP contribution in [0.25, 0.3) is 0 Å². The molecule has 5 rings (SSSR count). The van der Waals surface area contributed by atoms with Crippen molar-refractivity contribution in [3.63, 3.8) is 0 Å². The number of benzene rings is 1. The molecule has 0 saturated carbocycles. The van der Waals surface area contributed by atoms with Gasteiger partial charge in [0.15, 0.2) is 0 Å². The second-order valence-electron chi connectivity index (χ2n) is 8.91. The first-order valence-corrected chi connectivity index (χ1v) is 10.6. The highest BCUT2D eigenvalue weighted by atomic mass is 16.5. The summed E-state index contributed by atoms with van der Waals surface area (Å²) in [7, 11) is 1.74. The van der Waals surface area contributed by atoms with Crippen LogP contribution in [0.4, 0.5) is 0 Å². The number of nitrogens with zero attached hydrogens (tertiary/aromatic N) is 4. The zero-order valence-electron chi connectivity index (χ0n) is 17.1. The number of rotatable bonds is 5.